The minimum atomic E-state index is -4.48. The molecule has 3 N–H and O–H groups in total. The van der Waals surface area contributed by atoms with Crippen molar-refractivity contribution in [3.63, 3.8) is 0 Å². The van der Waals surface area contributed by atoms with Crippen molar-refractivity contribution in [2.75, 3.05) is 16.0 Å². The minimum Gasteiger partial charge on any atom is -0.326 e. The van der Waals surface area contributed by atoms with Gasteiger partial charge in [-0.2, -0.15) is 13.2 Å². The standard InChI is InChI=1S/C16H14F3N3O2/c1-10(23)20-12-5-7-13(8-6-12)21-15(24)22-14-4-2-3-11(9-14)16(17,18)19/h2-9H,1H3,(H,20,23)(H2,21,22,24). The molecule has 5 nitrogen and oxygen atoms in total. The van der Waals surface area contributed by atoms with Crippen LogP contribution in [0, 0.1) is 0 Å². The molecular weight excluding hydrogens is 323 g/mol. The third-order valence-corrected chi connectivity index (χ3v) is 2.91. The lowest BCUT2D eigenvalue weighted by Crippen LogP contribution is -2.19. The van der Waals surface area contributed by atoms with Crippen molar-refractivity contribution < 1.29 is 22.8 Å². The molecule has 126 valence electrons. The monoisotopic (exact) mass is 337 g/mol. The van der Waals surface area contributed by atoms with Crippen LogP contribution in [0.5, 0.6) is 0 Å². The van der Waals surface area contributed by atoms with Gasteiger partial charge >= 0.3 is 12.2 Å². The van der Waals surface area contributed by atoms with Crippen LogP contribution in [0.2, 0.25) is 0 Å². The third kappa shape index (κ3) is 5.01. The van der Waals surface area contributed by atoms with Gasteiger partial charge < -0.3 is 16.0 Å². The smallest absolute Gasteiger partial charge is 0.326 e. The molecule has 0 aromatic heterocycles. The molecule has 0 heterocycles. The van der Waals surface area contributed by atoms with Crippen LogP contribution in [-0.2, 0) is 11.0 Å². The lowest BCUT2D eigenvalue weighted by atomic mass is 10.2. The van der Waals surface area contributed by atoms with Gasteiger partial charge in [0.05, 0.1) is 5.56 Å². The minimum absolute atomic E-state index is 0.0252. The second kappa shape index (κ2) is 7.03. The number of rotatable bonds is 3. The Hall–Kier alpha value is -3.03. The first-order chi connectivity index (χ1) is 11.2. The van der Waals surface area contributed by atoms with E-state index in [2.05, 4.69) is 16.0 Å². The normalized spacial score (nSPS) is 10.8. The van der Waals surface area contributed by atoms with Gasteiger partial charge in [0.1, 0.15) is 0 Å². The second-order valence-corrected chi connectivity index (χ2v) is 4.92. The fraction of sp³-hybridized carbons (Fsp3) is 0.125. The lowest BCUT2D eigenvalue weighted by Gasteiger charge is -2.11. The predicted molar refractivity (Wildman–Crippen MR) is 84.8 cm³/mol. The lowest BCUT2D eigenvalue weighted by molar-refractivity contribution is -0.137. The molecule has 2 aromatic carbocycles. The Balaban J connectivity index is 1.99. The molecule has 0 spiro atoms. The van der Waals surface area contributed by atoms with E-state index in [4.69, 9.17) is 0 Å². The van der Waals surface area contributed by atoms with Gasteiger partial charge in [-0.25, -0.2) is 4.79 Å². The Kier molecular flexibility index (Phi) is 5.08. The average Bonchev–Trinajstić information content (AvgIpc) is 2.48. The number of carbonyl (C=O) groups excluding carboxylic acids is 2. The van der Waals surface area contributed by atoms with Crippen LogP contribution < -0.4 is 16.0 Å². The average molecular weight is 337 g/mol. The number of hydrogen-bond acceptors (Lipinski definition) is 2. The van der Waals surface area contributed by atoms with Crippen LogP contribution in [0.3, 0.4) is 0 Å². The van der Waals surface area contributed by atoms with Gasteiger partial charge in [-0.15, -0.1) is 0 Å². The molecule has 0 aliphatic carbocycles. The number of amides is 3. The van der Waals surface area contributed by atoms with E-state index in [1.807, 2.05) is 0 Å². The summed E-state index contributed by atoms with van der Waals surface area (Å²) in [5, 5.41) is 7.39. The molecule has 0 aliphatic heterocycles. The summed E-state index contributed by atoms with van der Waals surface area (Å²) in [6, 6.07) is 9.93. The van der Waals surface area contributed by atoms with Crippen molar-refractivity contribution in [2.24, 2.45) is 0 Å². The van der Waals surface area contributed by atoms with Crippen molar-refractivity contribution in [2.45, 2.75) is 13.1 Å². The number of carbonyl (C=O) groups is 2. The summed E-state index contributed by atoms with van der Waals surface area (Å²) >= 11 is 0. The van der Waals surface area contributed by atoms with Crippen molar-refractivity contribution in [3.05, 3.63) is 54.1 Å². The third-order valence-electron chi connectivity index (χ3n) is 2.91. The largest absolute Gasteiger partial charge is 0.416 e. The van der Waals surface area contributed by atoms with Gasteiger partial charge in [0.15, 0.2) is 0 Å². The number of nitrogens with one attached hydrogen (secondary N) is 3. The first kappa shape index (κ1) is 17.3. The number of benzene rings is 2. The Morgan fingerprint density at radius 3 is 1.92 bits per heavy atom. The second-order valence-electron chi connectivity index (χ2n) is 4.92. The topological polar surface area (TPSA) is 70.2 Å². The maximum absolute atomic E-state index is 12.6. The van der Waals surface area contributed by atoms with E-state index in [9.17, 15) is 22.8 Å². The van der Waals surface area contributed by atoms with Gasteiger partial charge in [0.25, 0.3) is 0 Å². The zero-order valence-corrected chi connectivity index (χ0v) is 12.6. The first-order valence-corrected chi connectivity index (χ1v) is 6.87. The Labute approximate surface area is 135 Å². The molecule has 0 bridgehead atoms. The molecule has 0 aliphatic rings. The Morgan fingerprint density at radius 2 is 1.38 bits per heavy atom. The molecule has 2 aromatic rings. The highest BCUT2D eigenvalue weighted by Crippen LogP contribution is 2.30. The highest BCUT2D eigenvalue weighted by molar-refractivity contribution is 6.00. The zero-order chi connectivity index (χ0) is 17.7. The van der Waals surface area contributed by atoms with Crippen LogP contribution in [-0.4, -0.2) is 11.9 Å². The van der Waals surface area contributed by atoms with Crippen LogP contribution in [0.4, 0.5) is 35.0 Å². The van der Waals surface area contributed by atoms with Gasteiger partial charge in [0, 0.05) is 24.0 Å². The predicted octanol–water partition coefficient (Wildman–Crippen LogP) is 4.31. The fourth-order valence-electron chi connectivity index (χ4n) is 1.91. The summed E-state index contributed by atoms with van der Waals surface area (Å²) in [5.41, 5.74) is 0.164. The number of alkyl halides is 3. The highest BCUT2D eigenvalue weighted by atomic mass is 19.4. The summed E-state index contributed by atoms with van der Waals surface area (Å²) in [5.74, 6) is -0.224. The Bertz CT molecular complexity index is 743. The number of anilines is 3. The SMILES string of the molecule is CC(=O)Nc1ccc(NC(=O)Nc2cccc(C(F)(F)F)c2)cc1. The molecule has 0 atom stereocenters. The van der Waals surface area contributed by atoms with Crippen LogP contribution in [0.1, 0.15) is 12.5 Å². The van der Waals surface area contributed by atoms with E-state index in [1.165, 1.54) is 19.1 Å². The van der Waals surface area contributed by atoms with E-state index in [0.29, 0.717) is 11.4 Å². The molecule has 0 radical (unpaired) electrons. The van der Waals surface area contributed by atoms with Gasteiger partial charge in [-0.05, 0) is 42.5 Å². The molecule has 24 heavy (non-hydrogen) atoms. The quantitative estimate of drug-likeness (QED) is 0.781. The molecule has 2 rings (SSSR count). The molecule has 0 unspecified atom stereocenters. The maximum Gasteiger partial charge on any atom is 0.416 e. The van der Waals surface area contributed by atoms with Gasteiger partial charge in [0.2, 0.25) is 5.91 Å². The molecule has 0 saturated heterocycles. The summed E-state index contributed by atoms with van der Waals surface area (Å²) in [6.07, 6.45) is -4.48. The summed E-state index contributed by atoms with van der Waals surface area (Å²) in [7, 11) is 0. The fourth-order valence-corrected chi connectivity index (χ4v) is 1.91. The van der Waals surface area contributed by atoms with Crippen molar-refractivity contribution in [3.8, 4) is 0 Å². The van der Waals surface area contributed by atoms with Crippen LogP contribution in [0.25, 0.3) is 0 Å². The Morgan fingerprint density at radius 1 is 0.833 bits per heavy atom. The summed E-state index contributed by atoms with van der Waals surface area (Å²) in [6.45, 7) is 1.37. The van der Waals surface area contributed by atoms with Gasteiger partial charge in [-0.3, -0.25) is 4.79 Å². The highest BCUT2D eigenvalue weighted by Gasteiger charge is 2.30. The van der Waals surface area contributed by atoms with E-state index in [-0.39, 0.29) is 11.6 Å². The molecule has 3 amide bonds. The molecular formula is C16H14F3N3O2. The van der Waals surface area contributed by atoms with E-state index in [1.54, 1.807) is 24.3 Å². The van der Waals surface area contributed by atoms with E-state index < -0.39 is 17.8 Å². The summed E-state index contributed by atoms with van der Waals surface area (Å²) < 4.78 is 37.9. The van der Waals surface area contributed by atoms with Crippen LogP contribution >= 0.6 is 0 Å². The van der Waals surface area contributed by atoms with E-state index >= 15 is 0 Å². The molecule has 8 heteroatoms. The molecule has 0 saturated carbocycles. The number of hydrogen-bond donors (Lipinski definition) is 3. The maximum atomic E-state index is 12.6. The number of halogens is 3. The van der Waals surface area contributed by atoms with Crippen molar-refractivity contribution in [1.29, 1.82) is 0 Å². The molecule has 0 fully saturated rings. The van der Waals surface area contributed by atoms with Gasteiger partial charge in [-0.1, -0.05) is 6.07 Å². The first-order valence-electron chi connectivity index (χ1n) is 6.87. The van der Waals surface area contributed by atoms with Crippen molar-refractivity contribution in [1.82, 2.24) is 0 Å². The van der Waals surface area contributed by atoms with E-state index in [0.717, 1.165) is 12.1 Å². The van der Waals surface area contributed by atoms with Crippen molar-refractivity contribution >= 4 is 29.0 Å². The van der Waals surface area contributed by atoms with Crippen LogP contribution in [0.15, 0.2) is 48.5 Å². The zero-order valence-electron chi connectivity index (χ0n) is 12.6. The number of urea groups is 1. The summed E-state index contributed by atoms with van der Waals surface area (Å²) in [4.78, 5) is 22.7.